The van der Waals surface area contributed by atoms with Gasteiger partial charge in [-0.2, -0.15) is 0 Å². The fraction of sp³-hybridized carbons (Fsp3) is 1.00. The molecule has 0 saturated carbocycles. The molecule has 0 spiro atoms. The van der Waals surface area contributed by atoms with Crippen molar-refractivity contribution in [3.8, 4) is 0 Å². The summed E-state index contributed by atoms with van der Waals surface area (Å²) in [4.78, 5) is 0. The van der Waals surface area contributed by atoms with Crippen LogP contribution < -0.4 is 0 Å². The van der Waals surface area contributed by atoms with Gasteiger partial charge in [-0.15, -0.1) is 0 Å². The zero-order chi connectivity index (χ0) is 8.31. The van der Waals surface area contributed by atoms with E-state index >= 15 is 0 Å². The minimum atomic E-state index is -1.58. The van der Waals surface area contributed by atoms with Crippen molar-refractivity contribution in [2.45, 2.75) is 0 Å². The maximum absolute atomic E-state index is 2.37. The fourth-order valence-corrected chi connectivity index (χ4v) is 8.79. The third-order valence-corrected chi connectivity index (χ3v) is 8.79. The van der Waals surface area contributed by atoms with Crippen molar-refractivity contribution in [1.82, 2.24) is 9.91 Å². The van der Waals surface area contributed by atoms with E-state index in [2.05, 4.69) is 52.2 Å². The average Bonchev–Trinajstić information content (AvgIpc) is 1.59. The Morgan fingerprint density at radius 1 is 0.600 bits per heavy atom. The molecule has 0 rings (SSSR count). The predicted molar refractivity (Wildman–Crippen MR) is 41.1 cm³/mol. The molecule has 0 aliphatic heterocycles. The summed E-state index contributed by atoms with van der Waals surface area (Å²) in [5.74, 6) is 0. The van der Waals surface area contributed by atoms with Crippen LogP contribution in [0.15, 0.2) is 0 Å². The molecule has 0 radical (unpaired) electrons. The first-order valence-corrected chi connectivity index (χ1v) is 7.59. The van der Waals surface area contributed by atoms with E-state index in [1.54, 1.807) is 0 Å². The van der Waals surface area contributed by atoms with Gasteiger partial charge in [0.2, 0.25) is 0 Å². The van der Waals surface area contributed by atoms with Gasteiger partial charge in [0.1, 0.15) is 0 Å². The Morgan fingerprint density at radius 3 is 0.800 bits per heavy atom. The molecular weight excluding hydrogens is 295 g/mol. The van der Waals surface area contributed by atoms with Crippen LogP contribution in [-0.2, 0) is 19.2 Å². The molecule has 0 aromatic heterocycles. The van der Waals surface area contributed by atoms with E-state index < -0.39 is 19.2 Å². The molecule has 10 heavy (non-hydrogen) atoms. The monoisotopic (exact) mass is 313 g/mol. The third-order valence-electron chi connectivity index (χ3n) is 1.07. The fourth-order valence-electron chi connectivity index (χ4n) is 1.07. The molecule has 4 heteroatoms. The summed E-state index contributed by atoms with van der Waals surface area (Å²) in [6.45, 7) is 0. The summed E-state index contributed by atoms with van der Waals surface area (Å²) in [6.07, 6.45) is 0. The Hall–Kier alpha value is 0.620. The molecule has 0 saturated heterocycles. The molecule has 0 aliphatic carbocycles. The molecule has 0 aliphatic rings. The van der Waals surface area contributed by atoms with Gasteiger partial charge in [0, 0.05) is 0 Å². The van der Waals surface area contributed by atoms with Crippen molar-refractivity contribution in [3.63, 3.8) is 0 Å². The molecule has 0 unspecified atom stereocenters. The Kier molecular flexibility index (Phi) is 4.77. The first-order valence-electron chi connectivity index (χ1n) is 3.28. The van der Waals surface area contributed by atoms with E-state index in [1.165, 1.54) is 0 Å². The molecule has 3 nitrogen and oxygen atoms in total. The molecule has 0 aromatic carbocycles. The van der Waals surface area contributed by atoms with Gasteiger partial charge in [0.05, 0.1) is 0 Å². The van der Waals surface area contributed by atoms with Crippen LogP contribution in [0, 0.1) is 0 Å². The van der Waals surface area contributed by atoms with Gasteiger partial charge in [-0.3, -0.25) is 0 Å². The Morgan fingerprint density at radius 2 is 0.800 bits per heavy atom. The van der Waals surface area contributed by atoms with Crippen LogP contribution in [0.1, 0.15) is 0 Å². The molecule has 0 bridgehead atoms. The SMILES string of the molecule is C[N](C)[Ta]([N](C)C)[N](C)C. The minimum absolute atomic E-state index is 1.58. The van der Waals surface area contributed by atoms with E-state index in [-0.39, 0.29) is 0 Å². The molecule has 0 fully saturated rings. The second-order valence-electron chi connectivity index (χ2n) is 2.81. The Balaban J connectivity index is 3.98. The Bertz CT molecular complexity index is 74.0. The van der Waals surface area contributed by atoms with Crippen LogP contribution in [0.4, 0.5) is 0 Å². The summed E-state index contributed by atoms with van der Waals surface area (Å²) in [7, 11) is 13.0. The second kappa shape index (κ2) is 4.49. The summed E-state index contributed by atoms with van der Waals surface area (Å²) in [5.41, 5.74) is 0. The van der Waals surface area contributed by atoms with Gasteiger partial charge in [-0.25, -0.2) is 0 Å². The van der Waals surface area contributed by atoms with E-state index in [9.17, 15) is 0 Å². The summed E-state index contributed by atoms with van der Waals surface area (Å²) in [6, 6.07) is 0. The second-order valence-corrected chi connectivity index (χ2v) is 13.4. The predicted octanol–water partition coefficient (Wildman–Crippen LogP) is 0.0344. The number of hydrogen-bond donors (Lipinski definition) is 0. The molecule has 0 heterocycles. The molecule has 0 N–H and O–H groups in total. The normalized spacial score (nSPS) is 12.6. The topological polar surface area (TPSA) is 9.72 Å². The van der Waals surface area contributed by atoms with Crippen molar-refractivity contribution in [1.29, 1.82) is 0 Å². The van der Waals surface area contributed by atoms with E-state index in [0.717, 1.165) is 0 Å². The zero-order valence-corrected chi connectivity index (χ0v) is 11.0. The Labute approximate surface area is 71.7 Å². The first-order chi connectivity index (χ1) is 4.46. The van der Waals surface area contributed by atoms with E-state index in [0.29, 0.717) is 0 Å². The van der Waals surface area contributed by atoms with Gasteiger partial charge < -0.3 is 0 Å². The third kappa shape index (κ3) is 3.14. The number of nitrogens with zero attached hydrogens (tertiary/aromatic N) is 3. The van der Waals surface area contributed by atoms with Gasteiger partial charge in [0.15, 0.2) is 0 Å². The molecule has 0 atom stereocenters. The van der Waals surface area contributed by atoms with Crippen LogP contribution >= 0.6 is 0 Å². The van der Waals surface area contributed by atoms with Gasteiger partial charge in [-0.05, 0) is 0 Å². The number of hydrogen-bond acceptors (Lipinski definition) is 3. The van der Waals surface area contributed by atoms with Gasteiger partial charge >= 0.3 is 71.4 Å². The van der Waals surface area contributed by atoms with E-state index in [1.807, 2.05) is 0 Å². The molecular formula is C6H18N3Ta. The average molecular weight is 313 g/mol. The molecule has 0 aromatic rings. The van der Waals surface area contributed by atoms with Crippen molar-refractivity contribution in [2.75, 3.05) is 42.3 Å². The molecule has 0 amide bonds. The van der Waals surface area contributed by atoms with Crippen molar-refractivity contribution >= 4 is 0 Å². The summed E-state index contributed by atoms with van der Waals surface area (Å²) in [5, 5.41) is 0. The summed E-state index contributed by atoms with van der Waals surface area (Å²) < 4.78 is 7.11. The van der Waals surface area contributed by atoms with Gasteiger partial charge in [0.25, 0.3) is 0 Å². The number of rotatable bonds is 3. The van der Waals surface area contributed by atoms with Crippen molar-refractivity contribution in [2.24, 2.45) is 0 Å². The molecule has 62 valence electrons. The quantitative estimate of drug-likeness (QED) is 0.728. The van der Waals surface area contributed by atoms with Crippen LogP contribution in [0.2, 0.25) is 0 Å². The van der Waals surface area contributed by atoms with Crippen LogP contribution in [0.5, 0.6) is 0 Å². The zero-order valence-electron chi connectivity index (χ0n) is 7.79. The van der Waals surface area contributed by atoms with Crippen molar-refractivity contribution in [3.05, 3.63) is 0 Å². The maximum atomic E-state index is 2.37. The van der Waals surface area contributed by atoms with E-state index in [4.69, 9.17) is 0 Å². The van der Waals surface area contributed by atoms with Crippen LogP contribution in [0.25, 0.3) is 0 Å². The van der Waals surface area contributed by atoms with Crippen LogP contribution in [-0.4, -0.2) is 52.2 Å². The van der Waals surface area contributed by atoms with Crippen molar-refractivity contribution < 1.29 is 19.2 Å². The first kappa shape index (κ1) is 10.6. The standard InChI is InChI=1S/3C2H6N.Ta/c3*1-3-2;/h3*1-2H3;/q3*-1;+3. The van der Waals surface area contributed by atoms with Gasteiger partial charge in [-0.1, -0.05) is 0 Å². The summed E-state index contributed by atoms with van der Waals surface area (Å²) >= 11 is -1.58. The van der Waals surface area contributed by atoms with Crippen LogP contribution in [0.3, 0.4) is 0 Å².